The van der Waals surface area contributed by atoms with Crippen LogP contribution in [0.25, 0.3) is 22.2 Å². The third-order valence-corrected chi connectivity index (χ3v) is 6.65. The fourth-order valence-corrected chi connectivity index (χ4v) is 4.92. The summed E-state index contributed by atoms with van der Waals surface area (Å²) in [6.45, 7) is 7.26. The number of aromatic nitrogens is 2. The number of carbonyl (C=O) groups is 1. The average Bonchev–Trinajstić information content (AvgIpc) is 3.28. The molecule has 1 atom stereocenters. The van der Waals surface area contributed by atoms with E-state index in [2.05, 4.69) is 72.3 Å². The van der Waals surface area contributed by atoms with Gasteiger partial charge in [0.05, 0.1) is 30.0 Å². The molecule has 0 aliphatic heterocycles. The Balaban J connectivity index is 1.26. The van der Waals surface area contributed by atoms with Crippen LogP contribution in [0, 0.1) is 13.8 Å². The summed E-state index contributed by atoms with van der Waals surface area (Å²) in [5.74, 6) is 1.66. The monoisotopic (exact) mass is 503 g/mol. The molecule has 4 aromatic carbocycles. The van der Waals surface area contributed by atoms with Gasteiger partial charge in [-0.3, -0.25) is 4.79 Å². The van der Waals surface area contributed by atoms with Gasteiger partial charge >= 0.3 is 0 Å². The molecule has 1 aromatic heterocycles. The summed E-state index contributed by atoms with van der Waals surface area (Å²) in [5.41, 5.74) is 7.58. The van der Waals surface area contributed by atoms with E-state index >= 15 is 0 Å². The molecule has 0 fully saturated rings. The first-order chi connectivity index (χ1) is 18.5. The maximum absolute atomic E-state index is 13.0. The van der Waals surface area contributed by atoms with Gasteiger partial charge in [-0.2, -0.15) is 0 Å². The van der Waals surface area contributed by atoms with Crippen molar-refractivity contribution < 1.29 is 9.53 Å². The number of carbonyl (C=O) groups excluding carboxylic acids is 1. The normalized spacial score (nSPS) is 11.9. The Kier molecular flexibility index (Phi) is 7.55. The lowest BCUT2D eigenvalue weighted by Crippen LogP contribution is -2.30. The van der Waals surface area contributed by atoms with Crippen LogP contribution >= 0.6 is 0 Å². The predicted octanol–water partition coefficient (Wildman–Crippen LogP) is 6.82. The van der Waals surface area contributed by atoms with Crippen LogP contribution in [-0.4, -0.2) is 22.1 Å². The molecule has 5 aromatic rings. The lowest BCUT2D eigenvalue weighted by atomic mass is 10.0. The zero-order valence-electron chi connectivity index (χ0n) is 22.1. The number of hydrogen-bond acceptors (Lipinski definition) is 3. The van der Waals surface area contributed by atoms with Gasteiger partial charge in [-0.1, -0.05) is 72.8 Å². The van der Waals surface area contributed by atoms with E-state index in [0.717, 1.165) is 39.3 Å². The van der Waals surface area contributed by atoms with E-state index in [1.54, 1.807) is 0 Å². The van der Waals surface area contributed by atoms with Crippen LogP contribution < -0.4 is 10.1 Å². The van der Waals surface area contributed by atoms with Crippen LogP contribution in [0.5, 0.6) is 5.75 Å². The molecule has 0 radical (unpaired) electrons. The molecule has 1 heterocycles. The summed E-state index contributed by atoms with van der Waals surface area (Å²) < 4.78 is 8.24. The first kappa shape index (κ1) is 25.3. The molecule has 38 heavy (non-hydrogen) atoms. The molecule has 0 bridgehead atoms. The van der Waals surface area contributed by atoms with E-state index in [0.29, 0.717) is 19.6 Å². The van der Waals surface area contributed by atoms with E-state index in [9.17, 15) is 4.79 Å². The molecule has 1 unspecified atom stereocenters. The Morgan fingerprint density at radius 1 is 0.868 bits per heavy atom. The van der Waals surface area contributed by atoms with Gasteiger partial charge in [-0.25, -0.2) is 4.98 Å². The van der Waals surface area contributed by atoms with Crippen LogP contribution in [-0.2, 0) is 17.8 Å². The molecule has 5 nitrogen and oxygen atoms in total. The van der Waals surface area contributed by atoms with Crippen molar-refractivity contribution in [2.75, 3.05) is 6.61 Å². The second-order valence-electron chi connectivity index (χ2n) is 9.81. The van der Waals surface area contributed by atoms with Crippen LogP contribution in [0.1, 0.15) is 35.5 Å². The van der Waals surface area contributed by atoms with Gasteiger partial charge in [0.2, 0.25) is 5.91 Å². The van der Waals surface area contributed by atoms with E-state index in [4.69, 9.17) is 9.72 Å². The molecule has 5 rings (SSSR count). The number of para-hydroxylation sites is 2. The molecule has 1 amide bonds. The van der Waals surface area contributed by atoms with Gasteiger partial charge in [0, 0.05) is 0 Å². The van der Waals surface area contributed by atoms with Crippen molar-refractivity contribution in [1.29, 1.82) is 0 Å². The van der Waals surface area contributed by atoms with Gasteiger partial charge in [0.15, 0.2) is 0 Å². The predicted molar refractivity (Wildman–Crippen MR) is 153 cm³/mol. The molecule has 0 spiro atoms. The minimum atomic E-state index is -0.250. The number of nitrogens with zero attached hydrogens (tertiary/aromatic N) is 2. The molecule has 192 valence electrons. The fourth-order valence-electron chi connectivity index (χ4n) is 4.92. The van der Waals surface area contributed by atoms with E-state index in [-0.39, 0.29) is 11.9 Å². The number of imidazole rings is 1. The zero-order chi connectivity index (χ0) is 26.5. The van der Waals surface area contributed by atoms with Crippen molar-refractivity contribution in [2.24, 2.45) is 0 Å². The third kappa shape index (κ3) is 5.94. The number of nitrogens with one attached hydrogen (secondary N) is 1. The van der Waals surface area contributed by atoms with Crippen molar-refractivity contribution in [3.8, 4) is 16.9 Å². The van der Waals surface area contributed by atoms with E-state index < -0.39 is 0 Å². The number of aryl methyl sites for hydroxylation is 2. The van der Waals surface area contributed by atoms with Crippen LogP contribution in [0.15, 0.2) is 97.1 Å². The standard InChI is InChI=1S/C33H33N3O2/c1-23-19-24(2)21-29(20-23)38-18-17-36-31-12-8-7-11-30(31)35-33(36)25(3)34-32(37)22-26-13-15-28(16-14-26)27-9-5-4-6-10-27/h4-16,19-21,25H,17-18,22H2,1-3H3,(H,34,37). The van der Waals surface area contributed by atoms with Crippen molar-refractivity contribution >= 4 is 16.9 Å². The first-order valence-electron chi connectivity index (χ1n) is 13.1. The first-order valence-corrected chi connectivity index (χ1v) is 13.1. The Morgan fingerprint density at radius 3 is 2.26 bits per heavy atom. The van der Waals surface area contributed by atoms with Crippen molar-refractivity contribution in [2.45, 2.75) is 39.8 Å². The van der Waals surface area contributed by atoms with Crippen LogP contribution in [0.4, 0.5) is 0 Å². The van der Waals surface area contributed by atoms with E-state index in [1.165, 1.54) is 11.1 Å². The molecule has 0 saturated carbocycles. The third-order valence-electron chi connectivity index (χ3n) is 6.65. The van der Waals surface area contributed by atoms with Crippen molar-refractivity contribution in [1.82, 2.24) is 14.9 Å². The number of ether oxygens (including phenoxy) is 1. The van der Waals surface area contributed by atoms with Gasteiger partial charge in [0.1, 0.15) is 18.2 Å². The number of fused-ring (bicyclic) bond motifs is 1. The number of hydrogen-bond donors (Lipinski definition) is 1. The smallest absolute Gasteiger partial charge is 0.224 e. The molecular formula is C33H33N3O2. The minimum Gasteiger partial charge on any atom is -0.492 e. The molecule has 0 aliphatic rings. The molecule has 5 heteroatoms. The average molecular weight is 504 g/mol. The Bertz CT molecular complexity index is 1520. The highest BCUT2D eigenvalue weighted by atomic mass is 16.5. The molecule has 1 N–H and O–H groups in total. The second-order valence-corrected chi connectivity index (χ2v) is 9.81. The summed E-state index contributed by atoms with van der Waals surface area (Å²) in [6, 6.07) is 32.5. The highest BCUT2D eigenvalue weighted by Gasteiger charge is 2.19. The summed E-state index contributed by atoms with van der Waals surface area (Å²) in [7, 11) is 0. The van der Waals surface area contributed by atoms with Gasteiger partial charge in [-0.15, -0.1) is 0 Å². The largest absolute Gasteiger partial charge is 0.492 e. The Labute approximate surface area is 224 Å². The summed E-state index contributed by atoms with van der Waals surface area (Å²) in [4.78, 5) is 17.8. The zero-order valence-corrected chi connectivity index (χ0v) is 22.1. The molecule has 0 saturated heterocycles. The quantitative estimate of drug-likeness (QED) is 0.240. The maximum atomic E-state index is 13.0. The van der Waals surface area contributed by atoms with Crippen molar-refractivity contribution in [3.05, 3.63) is 120 Å². The maximum Gasteiger partial charge on any atom is 0.224 e. The molecule has 0 aliphatic carbocycles. The fraction of sp³-hybridized carbons (Fsp3) is 0.212. The Morgan fingerprint density at radius 2 is 1.53 bits per heavy atom. The summed E-state index contributed by atoms with van der Waals surface area (Å²) >= 11 is 0. The summed E-state index contributed by atoms with van der Waals surface area (Å²) in [6.07, 6.45) is 0.315. The molecular weight excluding hydrogens is 470 g/mol. The van der Waals surface area contributed by atoms with Gasteiger partial charge in [0.25, 0.3) is 0 Å². The highest BCUT2D eigenvalue weighted by Crippen LogP contribution is 2.23. The number of amides is 1. The number of benzene rings is 4. The van der Waals surface area contributed by atoms with Crippen LogP contribution in [0.3, 0.4) is 0 Å². The van der Waals surface area contributed by atoms with E-state index in [1.807, 2.05) is 55.5 Å². The van der Waals surface area contributed by atoms with Gasteiger partial charge < -0.3 is 14.6 Å². The minimum absolute atomic E-state index is 0.0324. The van der Waals surface area contributed by atoms with Crippen LogP contribution in [0.2, 0.25) is 0 Å². The lowest BCUT2D eigenvalue weighted by molar-refractivity contribution is -0.121. The van der Waals surface area contributed by atoms with Gasteiger partial charge in [-0.05, 0) is 72.9 Å². The summed E-state index contributed by atoms with van der Waals surface area (Å²) in [5, 5.41) is 3.15. The Hall–Kier alpha value is -4.38. The SMILES string of the molecule is Cc1cc(C)cc(OCCn2c(C(C)NC(=O)Cc3ccc(-c4ccccc4)cc3)nc3ccccc32)c1. The van der Waals surface area contributed by atoms with Crippen molar-refractivity contribution in [3.63, 3.8) is 0 Å². The highest BCUT2D eigenvalue weighted by molar-refractivity contribution is 5.80. The second kappa shape index (κ2) is 11.3. The topological polar surface area (TPSA) is 56.1 Å². The number of rotatable bonds is 9. The lowest BCUT2D eigenvalue weighted by Gasteiger charge is -2.17.